The van der Waals surface area contributed by atoms with Crippen LogP contribution in [0.4, 0.5) is 0 Å². The minimum atomic E-state index is 0.660. The van der Waals surface area contributed by atoms with E-state index in [2.05, 4.69) is 80.6 Å². The van der Waals surface area contributed by atoms with E-state index in [1.807, 2.05) is 6.07 Å². The van der Waals surface area contributed by atoms with Crippen molar-refractivity contribution in [2.45, 2.75) is 45.4 Å². The summed E-state index contributed by atoms with van der Waals surface area (Å²) in [7, 11) is 0. The third-order valence-corrected chi connectivity index (χ3v) is 7.61. The monoisotopic (exact) mass is 439 g/mol. The van der Waals surface area contributed by atoms with Crippen LogP contribution < -0.4 is 4.74 Å². The standard InChI is InChI=1S/C29H29NOS/c1-3-21-9-14-25-19-26(15-16-27(21)25)31-18-17-28-20(2)32-29(30-28)24-12-10-23(11-13-24)22-7-5-4-6-8-22/h4-8,10-13,15-16,19,21H,3,9,14,17-18H2,1-2H3. The highest BCUT2D eigenvalue weighted by Gasteiger charge is 2.21. The molecule has 1 heterocycles. The van der Waals surface area contributed by atoms with E-state index in [-0.39, 0.29) is 0 Å². The molecule has 2 nitrogen and oxygen atoms in total. The van der Waals surface area contributed by atoms with Gasteiger partial charge in [-0.25, -0.2) is 4.98 Å². The first-order chi connectivity index (χ1) is 15.7. The number of thiazole rings is 1. The summed E-state index contributed by atoms with van der Waals surface area (Å²) in [5.41, 5.74) is 7.79. The molecule has 1 atom stereocenters. The van der Waals surface area contributed by atoms with Gasteiger partial charge in [0.2, 0.25) is 0 Å². The van der Waals surface area contributed by atoms with Crippen LogP contribution in [0.3, 0.4) is 0 Å². The second-order valence-corrected chi connectivity index (χ2v) is 9.77. The fourth-order valence-electron chi connectivity index (χ4n) is 4.68. The van der Waals surface area contributed by atoms with Gasteiger partial charge in [-0.1, -0.05) is 67.6 Å². The number of benzene rings is 3. The quantitative estimate of drug-likeness (QED) is 0.292. The summed E-state index contributed by atoms with van der Waals surface area (Å²) in [5, 5.41) is 1.08. The largest absolute Gasteiger partial charge is 0.493 e. The van der Waals surface area contributed by atoms with Crippen molar-refractivity contribution in [3.05, 3.63) is 94.5 Å². The molecule has 0 saturated heterocycles. The number of aryl methyl sites for hydroxylation is 2. The van der Waals surface area contributed by atoms with Crippen LogP contribution in [0, 0.1) is 6.92 Å². The Hall–Kier alpha value is -2.91. The van der Waals surface area contributed by atoms with Crippen LogP contribution in [0.1, 0.15) is 47.4 Å². The van der Waals surface area contributed by atoms with Crippen LogP contribution >= 0.6 is 11.3 Å². The first-order valence-electron chi connectivity index (χ1n) is 11.6. The van der Waals surface area contributed by atoms with E-state index in [0.717, 1.165) is 28.8 Å². The molecule has 0 fully saturated rings. The van der Waals surface area contributed by atoms with Gasteiger partial charge in [0.05, 0.1) is 12.3 Å². The van der Waals surface area contributed by atoms with Crippen molar-refractivity contribution in [2.24, 2.45) is 0 Å². The number of rotatable bonds is 7. The van der Waals surface area contributed by atoms with Gasteiger partial charge in [-0.3, -0.25) is 0 Å². The molecule has 32 heavy (non-hydrogen) atoms. The van der Waals surface area contributed by atoms with Gasteiger partial charge in [-0.2, -0.15) is 0 Å². The predicted octanol–water partition coefficient (Wildman–Crippen LogP) is 7.85. The molecule has 1 aromatic heterocycles. The van der Waals surface area contributed by atoms with Crippen molar-refractivity contribution in [3.63, 3.8) is 0 Å². The third-order valence-electron chi connectivity index (χ3n) is 6.55. The highest BCUT2D eigenvalue weighted by molar-refractivity contribution is 7.15. The first-order valence-corrected chi connectivity index (χ1v) is 12.4. The van der Waals surface area contributed by atoms with Crippen molar-refractivity contribution in [1.82, 2.24) is 4.98 Å². The topological polar surface area (TPSA) is 22.1 Å². The maximum Gasteiger partial charge on any atom is 0.123 e. The van der Waals surface area contributed by atoms with Crippen LogP contribution in [0.5, 0.6) is 5.75 Å². The Labute approximate surface area is 194 Å². The molecule has 1 unspecified atom stereocenters. The van der Waals surface area contributed by atoms with Gasteiger partial charge in [-0.15, -0.1) is 11.3 Å². The molecule has 0 amide bonds. The molecule has 0 bridgehead atoms. The minimum absolute atomic E-state index is 0.660. The molecule has 5 rings (SSSR count). The number of fused-ring (bicyclic) bond motifs is 1. The van der Waals surface area contributed by atoms with Crippen molar-refractivity contribution in [3.8, 4) is 27.4 Å². The van der Waals surface area contributed by atoms with Crippen molar-refractivity contribution < 1.29 is 4.74 Å². The summed E-state index contributed by atoms with van der Waals surface area (Å²) in [5.74, 6) is 1.72. The second-order valence-electron chi connectivity index (χ2n) is 8.57. The average molecular weight is 440 g/mol. The fourth-order valence-corrected chi connectivity index (χ4v) is 5.65. The number of aromatic nitrogens is 1. The summed E-state index contributed by atoms with van der Waals surface area (Å²) in [6.07, 6.45) is 4.53. The van der Waals surface area contributed by atoms with Crippen molar-refractivity contribution in [1.29, 1.82) is 0 Å². The lowest BCUT2D eigenvalue weighted by molar-refractivity contribution is 0.320. The fraction of sp³-hybridized carbons (Fsp3) is 0.276. The zero-order valence-corrected chi connectivity index (χ0v) is 19.6. The van der Waals surface area contributed by atoms with Gasteiger partial charge in [0.1, 0.15) is 10.8 Å². The van der Waals surface area contributed by atoms with Gasteiger partial charge in [0.15, 0.2) is 0 Å². The average Bonchev–Trinajstić information content (AvgIpc) is 3.42. The molecule has 1 aliphatic carbocycles. The lowest BCUT2D eigenvalue weighted by Gasteiger charge is -2.10. The Kier molecular flexibility index (Phi) is 6.09. The Morgan fingerprint density at radius 3 is 2.47 bits per heavy atom. The van der Waals surface area contributed by atoms with E-state index in [0.29, 0.717) is 6.61 Å². The van der Waals surface area contributed by atoms with Crippen molar-refractivity contribution in [2.75, 3.05) is 6.61 Å². The van der Waals surface area contributed by atoms with E-state index in [1.54, 1.807) is 11.3 Å². The molecular formula is C29H29NOS. The van der Waals surface area contributed by atoms with Crippen molar-refractivity contribution >= 4 is 11.3 Å². The number of nitrogens with zero attached hydrogens (tertiary/aromatic N) is 1. The minimum Gasteiger partial charge on any atom is -0.493 e. The Bertz CT molecular complexity index is 1190. The molecule has 0 spiro atoms. The molecule has 3 heteroatoms. The van der Waals surface area contributed by atoms with Crippen LogP contribution in [0.2, 0.25) is 0 Å². The van der Waals surface area contributed by atoms with E-state index in [9.17, 15) is 0 Å². The highest BCUT2D eigenvalue weighted by atomic mass is 32.1. The first kappa shape index (κ1) is 21.0. The second kappa shape index (κ2) is 9.30. The maximum atomic E-state index is 6.10. The Morgan fingerprint density at radius 1 is 0.938 bits per heavy atom. The summed E-state index contributed by atoms with van der Waals surface area (Å²) >= 11 is 1.77. The zero-order chi connectivity index (χ0) is 21.9. The van der Waals surface area contributed by atoms with Gasteiger partial charge in [0, 0.05) is 16.9 Å². The molecule has 0 saturated carbocycles. The molecule has 1 aliphatic rings. The Balaban J connectivity index is 1.23. The van der Waals surface area contributed by atoms with E-state index in [4.69, 9.17) is 9.72 Å². The van der Waals surface area contributed by atoms with Crippen LogP contribution in [0.25, 0.3) is 21.7 Å². The molecule has 0 N–H and O–H groups in total. The summed E-state index contributed by atoms with van der Waals surface area (Å²) in [6, 6.07) is 25.9. The smallest absolute Gasteiger partial charge is 0.123 e. The zero-order valence-electron chi connectivity index (χ0n) is 18.8. The highest BCUT2D eigenvalue weighted by Crippen LogP contribution is 2.37. The molecular weight excluding hydrogens is 410 g/mol. The lowest BCUT2D eigenvalue weighted by atomic mass is 9.99. The van der Waals surface area contributed by atoms with E-state index < -0.39 is 0 Å². The van der Waals surface area contributed by atoms with Crippen LogP contribution in [0.15, 0.2) is 72.8 Å². The number of hydrogen-bond acceptors (Lipinski definition) is 3. The summed E-state index contributed by atoms with van der Waals surface area (Å²) in [4.78, 5) is 6.20. The predicted molar refractivity (Wildman–Crippen MR) is 135 cm³/mol. The SMILES string of the molecule is CCC1CCc2cc(OCCc3nc(-c4ccc(-c5ccccc5)cc4)sc3C)ccc21. The number of ether oxygens (including phenoxy) is 1. The number of hydrogen-bond donors (Lipinski definition) is 0. The van der Waals surface area contributed by atoms with Gasteiger partial charge in [0.25, 0.3) is 0 Å². The molecule has 3 aromatic carbocycles. The molecule has 162 valence electrons. The Morgan fingerprint density at radius 2 is 1.69 bits per heavy atom. The summed E-state index contributed by atoms with van der Waals surface area (Å²) in [6.45, 7) is 5.11. The molecule has 0 radical (unpaired) electrons. The maximum absolute atomic E-state index is 6.10. The van der Waals surface area contributed by atoms with E-state index >= 15 is 0 Å². The van der Waals surface area contributed by atoms with Gasteiger partial charge >= 0.3 is 0 Å². The van der Waals surface area contributed by atoms with E-state index in [1.165, 1.54) is 52.0 Å². The lowest BCUT2D eigenvalue weighted by Crippen LogP contribution is -2.03. The third kappa shape index (κ3) is 4.35. The normalized spacial score (nSPS) is 15.0. The summed E-state index contributed by atoms with van der Waals surface area (Å²) < 4.78 is 6.10. The van der Waals surface area contributed by atoms with Gasteiger partial charge in [-0.05, 0) is 66.5 Å². The van der Waals surface area contributed by atoms with Gasteiger partial charge < -0.3 is 4.74 Å². The van der Waals surface area contributed by atoms with Crippen LogP contribution in [-0.2, 0) is 12.8 Å². The molecule has 0 aliphatic heterocycles. The van der Waals surface area contributed by atoms with Crippen LogP contribution in [-0.4, -0.2) is 11.6 Å². The molecule has 4 aromatic rings.